The van der Waals surface area contributed by atoms with Crippen LogP contribution < -0.4 is 14.8 Å². The van der Waals surface area contributed by atoms with Crippen LogP contribution in [0.3, 0.4) is 0 Å². The first kappa shape index (κ1) is 12.4. The number of fused-ring (bicyclic) bond motifs is 2. The Balaban J connectivity index is 2.17. The quantitative estimate of drug-likeness (QED) is 0.917. The largest absolute Gasteiger partial charge is 0.486 e. The number of nitrogens with zero attached hydrogens (tertiary/aromatic N) is 1. The van der Waals surface area contributed by atoms with E-state index in [9.17, 15) is 0 Å². The van der Waals surface area contributed by atoms with Crippen molar-refractivity contribution in [1.82, 2.24) is 9.88 Å². The van der Waals surface area contributed by atoms with Gasteiger partial charge in [-0.15, -0.1) is 0 Å². The highest BCUT2D eigenvalue weighted by atomic mass is 16.6. The molecular formula is C15H20N2O2. The molecule has 0 amide bonds. The second kappa shape index (κ2) is 4.78. The summed E-state index contributed by atoms with van der Waals surface area (Å²) in [6.45, 7) is 4.42. The summed E-state index contributed by atoms with van der Waals surface area (Å²) >= 11 is 0. The van der Waals surface area contributed by atoms with E-state index in [0.717, 1.165) is 24.5 Å². The van der Waals surface area contributed by atoms with Crippen LogP contribution in [0.25, 0.3) is 10.9 Å². The van der Waals surface area contributed by atoms with Crippen LogP contribution in [-0.4, -0.2) is 31.4 Å². The van der Waals surface area contributed by atoms with Gasteiger partial charge >= 0.3 is 0 Å². The molecule has 0 spiro atoms. The average molecular weight is 260 g/mol. The van der Waals surface area contributed by atoms with Crippen LogP contribution in [0, 0.1) is 6.92 Å². The van der Waals surface area contributed by atoms with Gasteiger partial charge in [0.05, 0.1) is 5.52 Å². The minimum Gasteiger partial charge on any atom is -0.486 e. The Morgan fingerprint density at radius 3 is 2.58 bits per heavy atom. The second-order valence-corrected chi connectivity index (χ2v) is 4.99. The van der Waals surface area contributed by atoms with Gasteiger partial charge in [0, 0.05) is 24.2 Å². The number of likely N-dealkylation sites (N-methyl/N-ethyl adjacent to an activating group) is 1. The average Bonchev–Trinajstić information content (AvgIpc) is 2.67. The van der Waals surface area contributed by atoms with E-state index >= 15 is 0 Å². The molecule has 0 unspecified atom stereocenters. The number of nitrogens with one attached hydrogen (secondary N) is 1. The number of hydrogen-bond acceptors (Lipinski definition) is 3. The zero-order valence-corrected chi connectivity index (χ0v) is 11.7. The number of hydrogen-bond donors (Lipinski definition) is 1. The summed E-state index contributed by atoms with van der Waals surface area (Å²) in [6, 6.07) is 4.22. The molecule has 0 saturated heterocycles. The van der Waals surface area contributed by atoms with Gasteiger partial charge in [0.1, 0.15) is 13.2 Å². The van der Waals surface area contributed by atoms with Gasteiger partial charge in [-0.3, -0.25) is 0 Å². The number of benzene rings is 1. The summed E-state index contributed by atoms with van der Waals surface area (Å²) in [5.74, 6) is 1.73. The Kier molecular flexibility index (Phi) is 3.11. The fourth-order valence-corrected chi connectivity index (χ4v) is 2.74. The van der Waals surface area contributed by atoms with Gasteiger partial charge in [0.15, 0.2) is 11.5 Å². The summed E-state index contributed by atoms with van der Waals surface area (Å²) in [6.07, 6.45) is 1.03. The van der Waals surface area contributed by atoms with Crippen LogP contribution in [0.4, 0.5) is 0 Å². The smallest absolute Gasteiger partial charge is 0.163 e. The third kappa shape index (κ3) is 1.96. The van der Waals surface area contributed by atoms with Crippen LogP contribution in [-0.2, 0) is 13.5 Å². The van der Waals surface area contributed by atoms with Crippen molar-refractivity contribution in [2.45, 2.75) is 13.3 Å². The maximum atomic E-state index is 5.69. The molecule has 1 aromatic heterocycles. The first-order chi connectivity index (χ1) is 9.22. The molecule has 19 heavy (non-hydrogen) atoms. The zero-order valence-electron chi connectivity index (χ0n) is 11.7. The van der Waals surface area contributed by atoms with Crippen molar-refractivity contribution in [3.05, 3.63) is 23.4 Å². The molecule has 0 saturated carbocycles. The topological polar surface area (TPSA) is 35.4 Å². The van der Waals surface area contributed by atoms with Crippen LogP contribution >= 0.6 is 0 Å². The SMILES string of the molecule is CNCCc1c(C)n(C)c2cc3c(cc12)OCCO3. The molecule has 0 bridgehead atoms. The molecule has 2 heterocycles. The highest BCUT2D eigenvalue weighted by Crippen LogP contribution is 2.37. The maximum Gasteiger partial charge on any atom is 0.163 e. The van der Waals surface area contributed by atoms with E-state index in [2.05, 4.69) is 36.0 Å². The first-order valence-electron chi connectivity index (χ1n) is 6.74. The molecule has 1 aromatic carbocycles. The molecule has 0 radical (unpaired) electrons. The molecule has 1 aliphatic rings. The molecular weight excluding hydrogens is 240 g/mol. The van der Waals surface area contributed by atoms with E-state index < -0.39 is 0 Å². The summed E-state index contributed by atoms with van der Waals surface area (Å²) in [4.78, 5) is 0. The van der Waals surface area contributed by atoms with E-state index in [1.807, 2.05) is 7.05 Å². The molecule has 3 rings (SSSR count). The Hall–Kier alpha value is -1.68. The van der Waals surface area contributed by atoms with E-state index in [0.29, 0.717) is 13.2 Å². The summed E-state index contributed by atoms with van der Waals surface area (Å²) in [7, 11) is 4.09. The molecule has 0 aliphatic carbocycles. The van der Waals surface area contributed by atoms with Crippen molar-refractivity contribution in [3.8, 4) is 11.5 Å². The third-order valence-corrected chi connectivity index (χ3v) is 3.91. The number of rotatable bonds is 3. The fraction of sp³-hybridized carbons (Fsp3) is 0.467. The van der Waals surface area contributed by atoms with Crippen molar-refractivity contribution in [2.75, 3.05) is 26.8 Å². The van der Waals surface area contributed by atoms with Crippen LogP contribution in [0.15, 0.2) is 12.1 Å². The van der Waals surface area contributed by atoms with Crippen molar-refractivity contribution in [2.24, 2.45) is 7.05 Å². The summed E-state index contributed by atoms with van der Waals surface area (Å²) in [5, 5.41) is 4.49. The van der Waals surface area contributed by atoms with Crippen molar-refractivity contribution >= 4 is 10.9 Å². The summed E-state index contributed by atoms with van der Waals surface area (Å²) in [5.41, 5.74) is 3.92. The standard InChI is InChI=1S/C15H20N2O2/c1-10-11(4-5-16-2)12-8-14-15(19-7-6-18-14)9-13(12)17(10)3/h8-9,16H,4-7H2,1-3H3. The van der Waals surface area contributed by atoms with Crippen molar-refractivity contribution in [3.63, 3.8) is 0 Å². The zero-order chi connectivity index (χ0) is 13.4. The molecule has 1 N–H and O–H groups in total. The predicted molar refractivity (Wildman–Crippen MR) is 76.3 cm³/mol. The Morgan fingerprint density at radius 1 is 1.21 bits per heavy atom. The molecule has 2 aromatic rings. The van der Waals surface area contributed by atoms with Gasteiger partial charge in [0.25, 0.3) is 0 Å². The van der Waals surface area contributed by atoms with Gasteiger partial charge < -0.3 is 19.4 Å². The lowest BCUT2D eigenvalue weighted by atomic mass is 10.1. The predicted octanol–water partition coefficient (Wildman–Crippen LogP) is 2.02. The summed E-state index contributed by atoms with van der Waals surface area (Å²) < 4.78 is 13.6. The Bertz CT molecular complexity index is 616. The van der Waals surface area contributed by atoms with Gasteiger partial charge in [-0.25, -0.2) is 0 Å². The molecule has 0 fully saturated rings. The van der Waals surface area contributed by atoms with Crippen LogP contribution in [0.2, 0.25) is 0 Å². The minimum atomic E-state index is 0.633. The van der Waals surface area contributed by atoms with Crippen molar-refractivity contribution < 1.29 is 9.47 Å². The minimum absolute atomic E-state index is 0.633. The lowest BCUT2D eigenvalue weighted by molar-refractivity contribution is 0.172. The van der Waals surface area contributed by atoms with E-state index in [4.69, 9.17) is 9.47 Å². The number of aryl methyl sites for hydroxylation is 1. The monoisotopic (exact) mass is 260 g/mol. The molecule has 102 valence electrons. The molecule has 0 atom stereocenters. The van der Waals surface area contributed by atoms with Gasteiger partial charge in [-0.1, -0.05) is 0 Å². The van der Waals surface area contributed by atoms with Crippen LogP contribution in [0.5, 0.6) is 11.5 Å². The molecule has 4 nitrogen and oxygen atoms in total. The highest BCUT2D eigenvalue weighted by Gasteiger charge is 2.18. The van der Waals surface area contributed by atoms with Crippen molar-refractivity contribution in [1.29, 1.82) is 0 Å². The highest BCUT2D eigenvalue weighted by molar-refractivity contribution is 5.88. The Morgan fingerprint density at radius 2 is 1.89 bits per heavy atom. The lowest BCUT2D eigenvalue weighted by Gasteiger charge is -2.18. The van der Waals surface area contributed by atoms with Gasteiger partial charge in [0.2, 0.25) is 0 Å². The third-order valence-electron chi connectivity index (χ3n) is 3.91. The number of aromatic nitrogens is 1. The van der Waals surface area contributed by atoms with Gasteiger partial charge in [-0.2, -0.15) is 0 Å². The van der Waals surface area contributed by atoms with E-state index in [1.165, 1.54) is 22.2 Å². The molecule has 1 aliphatic heterocycles. The number of ether oxygens (including phenoxy) is 2. The lowest BCUT2D eigenvalue weighted by Crippen LogP contribution is -2.15. The molecule has 4 heteroatoms. The Labute approximate surface area is 113 Å². The second-order valence-electron chi connectivity index (χ2n) is 4.99. The van der Waals surface area contributed by atoms with Crippen LogP contribution in [0.1, 0.15) is 11.3 Å². The normalized spacial score (nSPS) is 14.1. The fourth-order valence-electron chi connectivity index (χ4n) is 2.74. The van der Waals surface area contributed by atoms with E-state index in [1.54, 1.807) is 0 Å². The van der Waals surface area contributed by atoms with Gasteiger partial charge in [-0.05, 0) is 38.6 Å². The first-order valence-corrected chi connectivity index (χ1v) is 6.74. The maximum absolute atomic E-state index is 5.69. The van der Waals surface area contributed by atoms with E-state index in [-0.39, 0.29) is 0 Å².